The van der Waals surface area contributed by atoms with E-state index in [1.54, 1.807) is 16.8 Å². The van der Waals surface area contributed by atoms with Crippen LogP contribution in [-0.4, -0.2) is 43.6 Å². The number of nitrogens with one attached hydrogen (secondary N) is 1. The van der Waals surface area contributed by atoms with Crippen LogP contribution in [0, 0.1) is 6.92 Å². The topological polar surface area (TPSA) is 99.5 Å². The van der Waals surface area contributed by atoms with Gasteiger partial charge in [0.25, 0.3) is 0 Å². The molecule has 0 fully saturated rings. The predicted molar refractivity (Wildman–Crippen MR) is 143 cm³/mol. The van der Waals surface area contributed by atoms with Gasteiger partial charge < -0.3 is 13.9 Å². The molecule has 1 aliphatic rings. The molecule has 1 aromatic heterocycles. The van der Waals surface area contributed by atoms with Gasteiger partial charge in [-0.1, -0.05) is 29.3 Å². The van der Waals surface area contributed by atoms with Crippen molar-refractivity contribution in [2.75, 3.05) is 5.32 Å². The number of hydrogen-bond donors (Lipinski definition) is 1. The lowest BCUT2D eigenvalue weighted by atomic mass is 9.95. The highest BCUT2D eigenvalue weighted by molar-refractivity contribution is 7.88. The lowest BCUT2D eigenvalue weighted by Crippen LogP contribution is -2.36. The van der Waals surface area contributed by atoms with Crippen molar-refractivity contribution in [3.63, 3.8) is 0 Å². The van der Waals surface area contributed by atoms with E-state index in [4.69, 9.17) is 27.9 Å². The Morgan fingerprint density at radius 2 is 1.66 bits per heavy atom. The molecule has 0 saturated heterocycles. The molecule has 1 aliphatic heterocycles. The lowest BCUT2D eigenvalue weighted by molar-refractivity contribution is -0.150. The molecule has 0 bridgehead atoms. The maximum Gasteiger partial charge on any atom is 0.522 e. The third kappa shape index (κ3) is 8.22. The minimum absolute atomic E-state index is 0.391. The smallest absolute Gasteiger partial charge is 0.456 e. The maximum absolute atomic E-state index is 13.0. The number of hydrogen-bond acceptors (Lipinski definition) is 7. The number of alkyl halides is 3. The van der Waals surface area contributed by atoms with Gasteiger partial charge >= 0.3 is 21.6 Å². The molecule has 3 rings (SSSR count). The van der Waals surface area contributed by atoms with Crippen LogP contribution in [0.4, 0.5) is 19.0 Å². The number of fused-ring (bicyclic) bond motifs is 1. The van der Waals surface area contributed by atoms with Gasteiger partial charge in [-0.2, -0.15) is 26.7 Å². The van der Waals surface area contributed by atoms with E-state index in [1.807, 2.05) is 46.8 Å². The summed E-state index contributed by atoms with van der Waals surface area (Å²) in [7, 11) is -8.10. The van der Waals surface area contributed by atoms with E-state index in [1.165, 1.54) is 19.6 Å². The van der Waals surface area contributed by atoms with E-state index in [9.17, 15) is 26.4 Å². The van der Waals surface area contributed by atoms with Crippen LogP contribution in [0.1, 0.15) is 45.0 Å². The van der Waals surface area contributed by atoms with Gasteiger partial charge in [0.05, 0.1) is 21.3 Å². The highest BCUT2D eigenvalue weighted by Gasteiger charge is 2.49. The normalized spacial score (nSPS) is 16.3. The number of carbonyl (C=O) groups excluding carboxylic acids is 1. The summed E-state index contributed by atoms with van der Waals surface area (Å²) < 4.78 is 67.1. The van der Waals surface area contributed by atoms with Crippen LogP contribution in [0.25, 0.3) is 0 Å². The maximum atomic E-state index is 13.0. The highest BCUT2D eigenvalue weighted by Crippen LogP contribution is 2.39. The number of carbonyl (C=O) groups is 1. The monoisotopic (exact) mass is 615 g/mol. The Hall–Kier alpha value is -2.06. The number of benzene rings is 1. The molecule has 0 amide bonds. The highest BCUT2D eigenvalue weighted by atomic mass is 35.5. The Morgan fingerprint density at radius 3 is 2.11 bits per heavy atom. The number of allylic oxidation sites excluding steroid dienone is 1. The van der Waals surface area contributed by atoms with Gasteiger partial charge in [0.2, 0.25) is 8.32 Å². The summed E-state index contributed by atoms with van der Waals surface area (Å²) in [4.78, 5) is 13.0. The van der Waals surface area contributed by atoms with Crippen molar-refractivity contribution in [3.8, 4) is 0 Å². The molecular weight excluding hydrogens is 586 g/mol. The summed E-state index contributed by atoms with van der Waals surface area (Å²) in [5.74, 6) is 0.417. The van der Waals surface area contributed by atoms with Crippen molar-refractivity contribution in [1.82, 2.24) is 9.78 Å². The van der Waals surface area contributed by atoms with Crippen LogP contribution in [0.3, 0.4) is 0 Å². The van der Waals surface area contributed by atoms with E-state index in [0.717, 1.165) is 22.8 Å². The van der Waals surface area contributed by atoms with E-state index in [2.05, 4.69) is 14.3 Å². The lowest BCUT2D eigenvalue weighted by Gasteiger charge is -2.31. The SMILES string of the molecule is CC1=C(C(=O)OC(C)(C)C)C(c2ccc(Cl)c(Cl)c2)n2nc(C)cc2N1.C[Si](C)(C)OS(=O)(=O)C(F)(F)F. The van der Waals surface area contributed by atoms with Crippen LogP contribution in [0.2, 0.25) is 29.7 Å². The number of ether oxygens (including phenoxy) is 1. The first-order valence-electron chi connectivity index (χ1n) is 11.3. The summed E-state index contributed by atoms with van der Waals surface area (Å²) in [5.41, 5.74) is -3.04. The molecule has 0 spiro atoms. The summed E-state index contributed by atoms with van der Waals surface area (Å²) in [6.07, 6.45) is 0. The zero-order valence-electron chi connectivity index (χ0n) is 22.1. The Kier molecular flexibility index (Phi) is 9.48. The molecule has 15 heteroatoms. The van der Waals surface area contributed by atoms with Gasteiger partial charge in [0, 0.05) is 11.8 Å². The summed E-state index contributed by atoms with van der Waals surface area (Å²) in [6.45, 7) is 13.4. The van der Waals surface area contributed by atoms with Gasteiger partial charge in [-0.3, -0.25) is 0 Å². The molecule has 1 aromatic carbocycles. The first kappa shape index (κ1) is 32.2. The zero-order chi connectivity index (χ0) is 29.4. The molecule has 0 radical (unpaired) electrons. The number of halogens is 5. The second-order valence-corrected chi connectivity index (χ2v) is 17.5. The number of nitrogens with zero attached hydrogens (tertiary/aromatic N) is 2. The summed E-state index contributed by atoms with van der Waals surface area (Å²) >= 11 is 12.3. The molecule has 2 aromatic rings. The number of aromatic nitrogens is 2. The molecule has 1 unspecified atom stereocenters. The third-order valence-corrected chi connectivity index (χ3v) is 8.80. The van der Waals surface area contributed by atoms with Crippen molar-refractivity contribution in [2.24, 2.45) is 0 Å². The van der Waals surface area contributed by atoms with Crippen LogP contribution in [-0.2, 0) is 23.5 Å². The van der Waals surface area contributed by atoms with Gasteiger partial charge in [-0.25, -0.2) is 9.48 Å². The van der Waals surface area contributed by atoms with Crippen molar-refractivity contribution < 1.29 is 35.0 Å². The molecule has 38 heavy (non-hydrogen) atoms. The average Bonchev–Trinajstić information content (AvgIpc) is 3.05. The second kappa shape index (κ2) is 11.2. The Bertz CT molecular complexity index is 1350. The number of rotatable bonds is 4. The fraction of sp³-hybridized carbons (Fsp3) is 0.478. The largest absolute Gasteiger partial charge is 0.522 e. The van der Waals surface area contributed by atoms with Gasteiger partial charge in [-0.05, 0) is 72.0 Å². The third-order valence-electron chi connectivity index (χ3n) is 4.62. The van der Waals surface area contributed by atoms with Crippen LogP contribution >= 0.6 is 23.2 Å². The predicted octanol–water partition coefficient (Wildman–Crippen LogP) is 6.82. The van der Waals surface area contributed by atoms with E-state index in [-0.39, 0.29) is 0 Å². The van der Waals surface area contributed by atoms with Gasteiger partial charge in [-0.15, -0.1) is 0 Å². The fourth-order valence-electron chi connectivity index (χ4n) is 3.36. The summed E-state index contributed by atoms with van der Waals surface area (Å²) in [6, 6.07) is 6.81. The van der Waals surface area contributed by atoms with Crippen molar-refractivity contribution in [3.05, 3.63) is 56.8 Å². The van der Waals surface area contributed by atoms with E-state index < -0.39 is 41.6 Å². The first-order chi connectivity index (χ1) is 17.0. The van der Waals surface area contributed by atoms with Crippen LogP contribution < -0.4 is 5.32 Å². The van der Waals surface area contributed by atoms with Crippen LogP contribution in [0.5, 0.6) is 0 Å². The first-order valence-corrected chi connectivity index (χ1v) is 16.8. The molecule has 1 N–H and O–H groups in total. The van der Waals surface area contributed by atoms with E-state index >= 15 is 0 Å². The van der Waals surface area contributed by atoms with Gasteiger partial charge in [0.1, 0.15) is 17.5 Å². The Labute approximate surface area is 231 Å². The average molecular weight is 617 g/mol. The Morgan fingerprint density at radius 1 is 1.08 bits per heavy atom. The number of esters is 1. The standard InChI is InChI=1S/C19H21Cl2N3O2.C4H9F3O3SSi/c1-10-8-15-22-11(2)16(18(25)26-19(3,4)5)17(24(15)23-10)12-6-7-13(20)14(21)9-12;1-12(2,3)10-11(8,9)4(5,6)7/h6-9,17,22H,1-5H3;1-3H3. The molecule has 0 aliphatic carbocycles. The second-order valence-electron chi connectivity index (χ2n) is 10.5. The number of anilines is 1. The van der Waals surface area contributed by atoms with E-state index in [0.29, 0.717) is 15.6 Å². The zero-order valence-corrected chi connectivity index (χ0v) is 25.4. The quantitative estimate of drug-likeness (QED) is 0.229. The molecule has 2 heterocycles. The summed E-state index contributed by atoms with van der Waals surface area (Å²) in [5, 5.41) is 8.69. The molecule has 8 nitrogen and oxygen atoms in total. The number of aryl methyl sites for hydroxylation is 1. The van der Waals surface area contributed by atoms with Crippen molar-refractivity contribution in [1.29, 1.82) is 0 Å². The minimum Gasteiger partial charge on any atom is -0.456 e. The molecule has 212 valence electrons. The van der Waals surface area contributed by atoms with Crippen molar-refractivity contribution in [2.45, 2.75) is 71.4 Å². The Balaban J connectivity index is 0.000000358. The van der Waals surface area contributed by atoms with Crippen molar-refractivity contribution >= 4 is 53.4 Å². The minimum atomic E-state index is -5.39. The van der Waals surface area contributed by atoms with Gasteiger partial charge in [0.15, 0.2) is 0 Å². The molecular formula is C23H30Cl2F3N3O5SSi. The van der Waals surface area contributed by atoms with Crippen LogP contribution in [0.15, 0.2) is 35.5 Å². The fourth-order valence-corrected chi connectivity index (χ4v) is 6.68. The molecule has 1 atom stereocenters. The molecule has 0 saturated carbocycles.